The van der Waals surface area contributed by atoms with E-state index in [1.807, 2.05) is 53.7 Å². The first kappa shape index (κ1) is 25.4. The van der Waals surface area contributed by atoms with Crippen molar-refractivity contribution in [1.29, 1.82) is 0 Å². The fraction of sp³-hybridized carbons (Fsp3) is 0.455. The van der Waals surface area contributed by atoms with Gasteiger partial charge in [0, 0.05) is 12.6 Å². The van der Waals surface area contributed by atoms with Crippen molar-refractivity contribution in [2.75, 3.05) is 7.05 Å². The van der Waals surface area contributed by atoms with E-state index in [-0.39, 0.29) is 17.5 Å². The molecule has 0 atom stereocenters. The lowest BCUT2D eigenvalue weighted by Gasteiger charge is -2.18. The van der Waals surface area contributed by atoms with E-state index < -0.39 is 0 Å². The Hall–Kier alpha value is -2.63. The fourth-order valence-corrected chi connectivity index (χ4v) is 2.15. The lowest BCUT2D eigenvalue weighted by molar-refractivity contribution is 0.0541. The van der Waals surface area contributed by atoms with Crippen LogP contribution < -0.4 is 10.1 Å². The zero-order chi connectivity index (χ0) is 21.7. The molecule has 1 aliphatic heterocycles. The summed E-state index contributed by atoms with van der Waals surface area (Å²) in [4.78, 5) is 14.3. The van der Waals surface area contributed by atoms with Crippen molar-refractivity contribution in [2.24, 2.45) is 0 Å². The molecular weight excluding hydrogens is 359 g/mol. The zero-order valence-corrected chi connectivity index (χ0v) is 18.1. The molecule has 0 saturated heterocycles. The topological polar surface area (TPSA) is 60.5 Å². The van der Waals surface area contributed by atoms with Crippen molar-refractivity contribution in [3.05, 3.63) is 59.9 Å². The molecule has 0 radical (unpaired) electrons. The number of halogens is 1. The molecule has 0 spiro atoms. The first-order valence-electron chi connectivity index (χ1n) is 9.37. The first-order chi connectivity index (χ1) is 13.2. The van der Waals surface area contributed by atoms with Gasteiger partial charge in [0.15, 0.2) is 5.75 Å². The number of fused-ring (bicyclic) bond motifs is 1. The molecule has 6 heteroatoms. The second-order valence-corrected chi connectivity index (χ2v) is 6.63. The number of hydrogen-bond donors (Lipinski definition) is 1. The molecule has 1 amide bonds. The molecule has 0 aromatic carbocycles. The third-order valence-electron chi connectivity index (χ3n) is 3.36. The van der Waals surface area contributed by atoms with E-state index in [1.54, 1.807) is 12.3 Å². The van der Waals surface area contributed by atoms with E-state index in [0.29, 0.717) is 17.7 Å². The highest BCUT2D eigenvalue weighted by atomic mass is 19.1. The van der Waals surface area contributed by atoms with Crippen LogP contribution in [0.15, 0.2) is 48.5 Å². The summed E-state index contributed by atoms with van der Waals surface area (Å²) < 4.78 is 24.0. The van der Waals surface area contributed by atoms with Crippen molar-refractivity contribution >= 4 is 6.09 Å². The molecule has 1 aromatic heterocycles. The van der Waals surface area contributed by atoms with Crippen molar-refractivity contribution < 1.29 is 18.7 Å². The normalized spacial score (nSPS) is 13.0. The SMILES string of the molecule is C=C/C=C\C1=C(C)Oc2cncc(F)c2CC1.CC.CNC(=O)OC(C)(C)C. The van der Waals surface area contributed by atoms with Gasteiger partial charge in [-0.05, 0) is 46.1 Å². The zero-order valence-electron chi connectivity index (χ0n) is 18.1. The minimum atomic E-state index is -0.389. The van der Waals surface area contributed by atoms with Crippen LogP contribution >= 0.6 is 0 Å². The average molecular weight is 393 g/mol. The number of ether oxygens (including phenoxy) is 2. The molecule has 1 aliphatic rings. The first-order valence-corrected chi connectivity index (χ1v) is 9.37. The Bertz CT molecular complexity index is 704. The highest BCUT2D eigenvalue weighted by Crippen LogP contribution is 2.30. The maximum atomic E-state index is 13.6. The van der Waals surface area contributed by atoms with Crippen molar-refractivity contribution in [3.63, 3.8) is 0 Å². The Kier molecular flexibility index (Phi) is 11.5. The van der Waals surface area contributed by atoms with Crippen molar-refractivity contribution in [2.45, 2.75) is 60.0 Å². The lowest BCUT2D eigenvalue weighted by atomic mass is 10.0. The van der Waals surface area contributed by atoms with Crippen LogP contribution in [-0.4, -0.2) is 23.7 Å². The minimum absolute atomic E-state index is 0.302. The van der Waals surface area contributed by atoms with E-state index in [9.17, 15) is 9.18 Å². The molecule has 1 N–H and O–H groups in total. The summed E-state index contributed by atoms with van der Waals surface area (Å²) >= 11 is 0. The summed E-state index contributed by atoms with van der Waals surface area (Å²) in [6.07, 6.45) is 9.28. The second-order valence-electron chi connectivity index (χ2n) is 6.63. The molecule has 5 nitrogen and oxygen atoms in total. The quantitative estimate of drug-likeness (QED) is 0.653. The third kappa shape index (κ3) is 9.35. The van der Waals surface area contributed by atoms with Crippen LogP contribution in [0.25, 0.3) is 0 Å². The van der Waals surface area contributed by atoms with E-state index in [4.69, 9.17) is 9.47 Å². The number of pyridine rings is 1. The van der Waals surface area contributed by atoms with Crippen molar-refractivity contribution in [3.8, 4) is 5.75 Å². The predicted molar refractivity (Wildman–Crippen MR) is 112 cm³/mol. The van der Waals surface area contributed by atoms with Crippen LogP contribution in [0.4, 0.5) is 9.18 Å². The highest BCUT2D eigenvalue weighted by Gasteiger charge is 2.17. The van der Waals surface area contributed by atoms with E-state index in [2.05, 4.69) is 16.9 Å². The molecule has 28 heavy (non-hydrogen) atoms. The third-order valence-corrected chi connectivity index (χ3v) is 3.36. The van der Waals surface area contributed by atoms with Gasteiger partial charge in [0.25, 0.3) is 0 Å². The molecule has 1 aromatic rings. The maximum absolute atomic E-state index is 13.6. The molecule has 2 heterocycles. The van der Waals surface area contributed by atoms with Gasteiger partial charge in [0.05, 0.1) is 12.4 Å². The van der Waals surface area contributed by atoms with E-state index in [0.717, 1.165) is 17.8 Å². The Morgan fingerprint density at radius 1 is 1.32 bits per heavy atom. The summed E-state index contributed by atoms with van der Waals surface area (Å²) in [6.45, 7) is 15.0. The molecule has 0 unspecified atom stereocenters. The van der Waals surface area contributed by atoms with Gasteiger partial charge in [0.2, 0.25) is 0 Å². The summed E-state index contributed by atoms with van der Waals surface area (Å²) in [6, 6.07) is 0. The number of carbonyl (C=O) groups is 1. The van der Waals surface area contributed by atoms with Gasteiger partial charge in [-0.3, -0.25) is 4.98 Å². The summed E-state index contributed by atoms with van der Waals surface area (Å²) in [7, 11) is 1.54. The van der Waals surface area contributed by atoms with E-state index in [1.165, 1.54) is 13.2 Å². The molecule has 2 rings (SSSR count). The molecule has 0 saturated carbocycles. The fourth-order valence-electron chi connectivity index (χ4n) is 2.15. The lowest BCUT2D eigenvalue weighted by Crippen LogP contribution is -2.30. The number of nitrogens with one attached hydrogen (secondary N) is 1. The van der Waals surface area contributed by atoms with Gasteiger partial charge in [-0.15, -0.1) is 0 Å². The predicted octanol–water partition coefficient (Wildman–Crippen LogP) is 5.73. The number of carbonyl (C=O) groups excluding carboxylic acids is 1. The molecule has 0 aliphatic carbocycles. The van der Waals surface area contributed by atoms with Crippen LogP contribution in [0.5, 0.6) is 5.75 Å². The monoisotopic (exact) mass is 392 g/mol. The van der Waals surface area contributed by atoms with Gasteiger partial charge < -0.3 is 14.8 Å². The molecule has 0 fully saturated rings. The smallest absolute Gasteiger partial charge is 0.407 e. The number of alkyl carbamates (subject to hydrolysis) is 1. The minimum Gasteiger partial charge on any atom is -0.460 e. The van der Waals surface area contributed by atoms with Crippen LogP contribution in [0, 0.1) is 5.82 Å². The molecule has 0 bridgehead atoms. The number of nitrogens with zero attached hydrogens (tertiary/aromatic N) is 1. The Morgan fingerprint density at radius 2 is 1.96 bits per heavy atom. The van der Waals surface area contributed by atoms with Crippen LogP contribution in [0.2, 0.25) is 0 Å². The number of aromatic nitrogens is 1. The average Bonchev–Trinajstić information content (AvgIpc) is 2.80. The van der Waals surface area contributed by atoms with E-state index >= 15 is 0 Å². The number of hydrogen-bond acceptors (Lipinski definition) is 4. The van der Waals surface area contributed by atoms with Crippen LogP contribution in [0.3, 0.4) is 0 Å². The maximum Gasteiger partial charge on any atom is 0.407 e. The van der Waals surface area contributed by atoms with Crippen LogP contribution in [0.1, 0.15) is 53.5 Å². The van der Waals surface area contributed by atoms with Crippen molar-refractivity contribution in [1.82, 2.24) is 10.3 Å². The number of amides is 1. The van der Waals surface area contributed by atoms with Gasteiger partial charge in [0.1, 0.15) is 17.2 Å². The highest BCUT2D eigenvalue weighted by molar-refractivity contribution is 5.67. The van der Waals surface area contributed by atoms with Gasteiger partial charge in [-0.25, -0.2) is 9.18 Å². The largest absolute Gasteiger partial charge is 0.460 e. The summed E-state index contributed by atoms with van der Waals surface area (Å²) in [5.41, 5.74) is 1.27. The Morgan fingerprint density at radius 3 is 2.46 bits per heavy atom. The Labute approximate surface area is 168 Å². The summed E-state index contributed by atoms with van der Waals surface area (Å²) in [5.74, 6) is 1.00. The summed E-state index contributed by atoms with van der Waals surface area (Å²) in [5, 5.41) is 2.36. The second kappa shape index (κ2) is 12.7. The van der Waals surface area contributed by atoms with Gasteiger partial charge in [-0.2, -0.15) is 0 Å². The molecular formula is C22H33FN2O3. The number of rotatable bonds is 2. The Balaban J connectivity index is 0.000000566. The standard InChI is InChI=1S/C14H14FNO.C6H13NO2.C2H6/c1-3-4-5-11-6-7-12-13(15)8-16-9-14(12)17-10(11)2;1-6(2,3)9-5(8)7-4;1-2/h3-5,8-9H,1,6-7H2,2H3;1-4H3,(H,7,8);1-2H3/b5-4-;;. The number of allylic oxidation sites excluding steroid dienone is 5. The van der Waals surface area contributed by atoms with Gasteiger partial charge in [-0.1, -0.05) is 38.7 Å². The molecule has 156 valence electrons. The van der Waals surface area contributed by atoms with Crippen LogP contribution in [-0.2, 0) is 11.2 Å². The van der Waals surface area contributed by atoms with Gasteiger partial charge >= 0.3 is 6.09 Å².